The molecule has 142 valence electrons. The monoisotopic (exact) mass is 377 g/mol. The van der Waals surface area contributed by atoms with Crippen LogP contribution in [0.15, 0.2) is 71.7 Å². The number of ether oxygens (including phenoxy) is 1. The highest BCUT2D eigenvalue weighted by Gasteiger charge is 2.16. The van der Waals surface area contributed by atoms with Gasteiger partial charge in [0, 0.05) is 13.1 Å². The molecular formula is C21H19N3O4. The van der Waals surface area contributed by atoms with Crippen molar-refractivity contribution >= 4 is 17.5 Å². The van der Waals surface area contributed by atoms with Crippen molar-refractivity contribution in [3.05, 3.63) is 93.9 Å². The number of aryl methyl sites for hydroxylation is 1. The Hall–Kier alpha value is -3.87. The minimum absolute atomic E-state index is 0.122. The highest BCUT2D eigenvalue weighted by molar-refractivity contribution is 6.08. The number of para-hydroxylation sites is 1. The predicted octanol–water partition coefficient (Wildman–Crippen LogP) is 2.32. The van der Waals surface area contributed by atoms with E-state index in [0.29, 0.717) is 0 Å². The quantitative estimate of drug-likeness (QED) is 0.688. The Morgan fingerprint density at radius 1 is 1.07 bits per heavy atom. The Morgan fingerprint density at radius 3 is 2.46 bits per heavy atom. The van der Waals surface area contributed by atoms with E-state index >= 15 is 0 Å². The van der Waals surface area contributed by atoms with Crippen LogP contribution in [-0.4, -0.2) is 16.4 Å². The molecule has 0 aliphatic carbocycles. The number of carbonyl (C=O) groups excluding carboxylic acids is 2. The molecule has 7 heteroatoms. The number of amides is 2. The van der Waals surface area contributed by atoms with E-state index in [4.69, 9.17) is 10.5 Å². The first kappa shape index (κ1) is 18.9. The number of nitrogens with one attached hydrogen (secondary N) is 1. The summed E-state index contributed by atoms with van der Waals surface area (Å²) >= 11 is 0. The summed E-state index contributed by atoms with van der Waals surface area (Å²) in [6.07, 6.45) is 1.46. The fraction of sp³-hybridized carbons (Fsp3) is 0.0952. The van der Waals surface area contributed by atoms with Crippen LogP contribution in [0.4, 0.5) is 5.69 Å². The lowest BCUT2D eigenvalue weighted by atomic mass is 10.1. The van der Waals surface area contributed by atoms with Gasteiger partial charge in [-0.3, -0.25) is 14.4 Å². The van der Waals surface area contributed by atoms with E-state index in [9.17, 15) is 14.4 Å². The number of benzene rings is 2. The molecule has 0 aliphatic rings. The fourth-order valence-electron chi connectivity index (χ4n) is 2.67. The average molecular weight is 377 g/mol. The van der Waals surface area contributed by atoms with Crippen LogP contribution in [0.1, 0.15) is 26.4 Å². The van der Waals surface area contributed by atoms with Gasteiger partial charge >= 0.3 is 0 Å². The lowest BCUT2D eigenvalue weighted by Crippen LogP contribution is -2.23. The Morgan fingerprint density at radius 2 is 1.75 bits per heavy atom. The van der Waals surface area contributed by atoms with Crippen LogP contribution in [-0.2, 0) is 13.7 Å². The van der Waals surface area contributed by atoms with E-state index < -0.39 is 17.2 Å². The van der Waals surface area contributed by atoms with Gasteiger partial charge in [0.15, 0.2) is 5.75 Å². The molecule has 2 aromatic carbocycles. The molecule has 0 saturated heterocycles. The molecule has 3 rings (SSSR count). The SMILES string of the molecule is Cn1cc(OCc2ccccc2)c(=O)cc1C(=O)Nc1ccccc1C(N)=O. The Labute approximate surface area is 161 Å². The maximum absolute atomic E-state index is 12.6. The number of hydrogen-bond donors (Lipinski definition) is 2. The molecule has 1 heterocycles. The standard InChI is InChI=1S/C21H19N3O4/c1-24-12-19(28-13-14-7-3-2-4-8-14)18(25)11-17(24)21(27)23-16-10-6-5-9-15(16)20(22)26/h2-12H,13H2,1H3,(H2,22,26)(H,23,27). The number of pyridine rings is 1. The lowest BCUT2D eigenvalue weighted by Gasteiger charge is -2.13. The summed E-state index contributed by atoms with van der Waals surface area (Å²) in [6, 6.07) is 17.0. The van der Waals surface area contributed by atoms with Gasteiger partial charge in [-0.2, -0.15) is 0 Å². The smallest absolute Gasteiger partial charge is 0.272 e. The molecule has 7 nitrogen and oxygen atoms in total. The normalized spacial score (nSPS) is 10.3. The minimum Gasteiger partial charge on any atom is -0.483 e. The number of hydrogen-bond acceptors (Lipinski definition) is 4. The van der Waals surface area contributed by atoms with Crippen molar-refractivity contribution in [2.24, 2.45) is 12.8 Å². The summed E-state index contributed by atoms with van der Waals surface area (Å²) in [6.45, 7) is 0.244. The van der Waals surface area contributed by atoms with Gasteiger partial charge in [0.05, 0.1) is 17.4 Å². The highest BCUT2D eigenvalue weighted by Crippen LogP contribution is 2.16. The van der Waals surface area contributed by atoms with Crippen molar-refractivity contribution in [2.75, 3.05) is 5.32 Å². The number of nitrogens with two attached hydrogens (primary N) is 1. The van der Waals surface area contributed by atoms with Gasteiger partial charge in [0.2, 0.25) is 5.43 Å². The Balaban J connectivity index is 1.80. The second-order valence-corrected chi connectivity index (χ2v) is 6.14. The summed E-state index contributed by atoms with van der Waals surface area (Å²) in [5.41, 5.74) is 6.41. The molecule has 0 bridgehead atoms. The van der Waals surface area contributed by atoms with Gasteiger partial charge in [0.25, 0.3) is 11.8 Å². The van der Waals surface area contributed by atoms with Crippen molar-refractivity contribution in [3.63, 3.8) is 0 Å². The van der Waals surface area contributed by atoms with Crippen LogP contribution in [0, 0.1) is 0 Å². The average Bonchev–Trinajstić information content (AvgIpc) is 2.69. The summed E-state index contributed by atoms with van der Waals surface area (Å²) < 4.78 is 7.07. The topological polar surface area (TPSA) is 103 Å². The Bertz CT molecular complexity index is 1070. The van der Waals surface area contributed by atoms with Crippen LogP contribution >= 0.6 is 0 Å². The number of anilines is 1. The molecule has 0 atom stereocenters. The highest BCUT2D eigenvalue weighted by atomic mass is 16.5. The van der Waals surface area contributed by atoms with E-state index in [0.717, 1.165) is 5.56 Å². The second kappa shape index (κ2) is 8.22. The van der Waals surface area contributed by atoms with E-state index in [1.54, 1.807) is 25.2 Å². The summed E-state index contributed by atoms with van der Waals surface area (Å²) in [7, 11) is 1.63. The third-order valence-electron chi connectivity index (χ3n) is 4.11. The molecule has 2 amide bonds. The van der Waals surface area contributed by atoms with E-state index in [-0.39, 0.29) is 29.3 Å². The zero-order chi connectivity index (χ0) is 20.1. The summed E-state index contributed by atoms with van der Waals surface area (Å²) in [5, 5.41) is 2.61. The van der Waals surface area contributed by atoms with Crippen LogP contribution in [0.25, 0.3) is 0 Å². The molecule has 3 N–H and O–H groups in total. The molecule has 3 aromatic rings. The molecule has 0 saturated carbocycles. The first-order chi connectivity index (χ1) is 13.5. The predicted molar refractivity (Wildman–Crippen MR) is 105 cm³/mol. The third kappa shape index (κ3) is 4.27. The van der Waals surface area contributed by atoms with E-state index in [2.05, 4.69) is 5.32 Å². The Kier molecular flexibility index (Phi) is 5.55. The maximum atomic E-state index is 12.6. The zero-order valence-electron chi connectivity index (χ0n) is 15.2. The van der Waals surface area contributed by atoms with Crippen molar-refractivity contribution in [1.82, 2.24) is 4.57 Å². The van der Waals surface area contributed by atoms with Gasteiger partial charge in [-0.25, -0.2) is 0 Å². The van der Waals surface area contributed by atoms with Crippen LogP contribution in [0.3, 0.4) is 0 Å². The first-order valence-electron chi connectivity index (χ1n) is 8.53. The summed E-state index contributed by atoms with van der Waals surface area (Å²) in [5.74, 6) is -1.06. The number of carbonyl (C=O) groups is 2. The van der Waals surface area contributed by atoms with Crippen molar-refractivity contribution in [1.29, 1.82) is 0 Å². The molecule has 0 spiro atoms. The van der Waals surface area contributed by atoms with Gasteiger partial charge in [0.1, 0.15) is 12.3 Å². The van der Waals surface area contributed by atoms with Gasteiger partial charge < -0.3 is 20.4 Å². The van der Waals surface area contributed by atoms with Gasteiger partial charge in [-0.15, -0.1) is 0 Å². The van der Waals surface area contributed by atoms with E-state index in [1.807, 2.05) is 30.3 Å². The van der Waals surface area contributed by atoms with Crippen LogP contribution in [0.2, 0.25) is 0 Å². The van der Waals surface area contributed by atoms with Gasteiger partial charge in [-0.1, -0.05) is 42.5 Å². The number of nitrogens with zero attached hydrogens (tertiary/aromatic N) is 1. The van der Waals surface area contributed by atoms with Crippen LogP contribution in [0.5, 0.6) is 5.75 Å². The fourth-order valence-corrected chi connectivity index (χ4v) is 2.67. The third-order valence-corrected chi connectivity index (χ3v) is 4.11. The minimum atomic E-state index is -0.658. The summed E-state index contributed by atoms with van der Waals surface area (Å²) in [4.78, 5) is 36.4. The van der Waals surface area contributed by atoms with Gasteiger partial charge in [-0.05, 0) is 17.7 Å². The molecular weight excluding hydrogens is 358 g/mol. The number of aromatic nitrogens is 1. The molecule has 0 aliphatic heterocycles. The molecule has 0 radical (unpaired) electrons. The number of primary amides is 1. The van der Waals surface area contributed by atoms with Crippen molar-refractivity contribution in [2.45, 2.75) is 6.61 Å². The van der Waals surface area contributed by atoms with Crippen molar-refractivity contribution in [3.8, 4) is 5.75 Å². The van der Waals surface area contributed by atoms with Crippen LogP contribution < -0.4 is 21.2 Å². The number of rotatable bonds is 6. The maximum Gasteiger partial charge on any atom is 0.272 e. The first-order valence-corrected chi connectivity index (χ1v) is 8.53. The van der Waals surface area contributed by atoms with E-state index in [1.165, 1.54) is 22.9 Å². The molecule has 1 aromatic heterocycles. The lowest BCUT2D eigenvalue weighted by molar-refractivity contribution is 0.100. The molecule has 28 heavy (non-hydrogen) atoms. The largest absolute Gasteiger partial charge is 0.483 e. The zero-order valence-corrected chi connectivity index (χ0v) is 15.2. The molecule has 0 unspecified atom stereocenters. The molecule has 0 fully saturated rings. The second-order valence-electron chi connectivity index (χ2n) is 6.14. The van der Waals surface area contributed by atoms with Crippen molar-refractivity contribution < 1.29 is 14.3 Å².